The van der Waals surface area contributed by atoms with Crippen LogP contribution in [0.15, 0.2) is 41.5 Å². The maximum absolute atomic E-state index is 12.5. The number of anilines is 2. The van der Waals surface area contributed by atoms with E-state index in [9.17, 15) is 9.59 Å². The molecule has 0 fully saturated rings. The Balaban J connectivity index is 1.69. The van der Waals surface area contributed by atoms with Gasteiger partial charge in [-0.3, -0.25) is 4.79 Å². The Labute approximate surface area is 151 Å². The van der Waals surface area contributed by atoms with E-state index in [2.05, 4.69) is 20.4 Å². The molecule has 0 spiro atoms. The van der Waals surface area contributed by atoms with Gasteiger partial charge in [-0.15, -0.1) is 5.10 Å². The summed E-state index contributed by atoms with van der Waals surface area (Å²) in [6.07, 6.45) is 1.39. The van der Waals surface area contributed by atoms with Crippen LogP contribution in [0.4, 0.5) is 10.8 Å². The maximum Gasteiger partial charge on any atom is 0.352 e. The summed E-state index contributed by atoms with van der Waals surface area (Å²) in [5, 5.41) is 7.82. The number of nitrogens with zero attached hydrogens (tertiary/aromatic N) is 6. The van der Waals surface area contributed by atoms with Gasteiger partial charge in [0.1, 0.15) is 17.6 Å². The Hall–Kier alpha value is -3.27. The molecular weight excluding hydrogens is 354 g/mol. The second-order valence-corrected chi connectivity index (χ2v) is 6.81. The third kappa shape index (κ3) is 2.80. The molecule has 0 radical (unpaired) electrons. The van der Waals surface area contributed by atoms with Crippen LogP contribution < -0.4 is 15.9 Å². The van der Waals surface area contributed by atoms with Crippen molar-refractivity contribution in [1.29, 1.82) is 0 Å². The van der Waals surface area contributed by atoms with Gasteiger partial charge in [-0.1, -0.05) is 29.5 Å². The zero-order valence-electron chi connectivity index (χ0n) is 14.1. The predicted molar refractivity (Wildman–Crippen MR) is 99.8 cm³/mol. The molecule has 26 heavy (non-hydrogen) atoms. The van der Waals surface area contributed by atoms with Gasteiger partial charge in [-0.2, -0.15) is 4.98 Å². The number of nitrogens with one attached hydrogen (secondary N) is 1. The topological polar surface area (TPSA) is 97.4 Å². The van der Waals surface area contributed by atoms with Crippen molar-refractivity contribution in [2.24, 2.45) is 0 Å². The quantitative estimate of drug-likeness (QED) is 0.581. The fourth-order valence-corrected chi connectivity index (χ4v) is 3.40. The number of carbonyl (C=O) groups excluding carboxylic acids is 1. The van der Waals surface area contributed by atoms with Crippen molar-refractivity contribution in [2.75, 3.05) is 24.3 Å². The van der Waals surface area contributed by atoms with Crippen LogP contribution in [0.25, 0.3) is 16.0 Å². The molecule has 10 heteroatoms. The minimum Gasteiger partial charge on any atom is -0.354 e. The van der Waals surface area contributed by atoms with Crippen LogP contribution in [0.2, 0.25) is 0 Å². The standard InChI is InChI=1S/C16H15N7O2S/c1-21(2)15-19-13-12(26-15)14-20-23(16(25)22(14)9-17-13)8-11(24)18-10-6-4-3-5-7-10/h3-7,9H,8H2,1-2H3,(H,18,24). The molecule has 0 atom stereocenters. The van der Waals surface area contributed by atoms with E-state index >= 15 is 0 Å². The second kappa shape index (κ2) is 6.23. The lowest BCUT2D eigenvalue weighted by molar-refractivity contribution is -0.117. The fraction of sp³-hybridized carbons (Fsp3) is 0.188. The van der Waals surface area contributed by atoms with E-state index < -0.39 is 5.69 Å². The summed E-state index contributed by atoms with van der Waals surface area (Å²) in [7, 11) is 3.77. The van der Waals surface area contributed by atoms with Gasteiger partial charge in [0.25, 0.3) is 0 Å². The van der Waals surface area contributed by atoms with Crippen LogP contribution in [0.5, 0.6) is 0 Å². The number of rotatable bonds is 4. The van der Waals surface area contributed by atoms with Crippen LogP contribution in [-0.4, -0.2) is 44.2 Å². The number of para-hydroxylation sites is 1. The lowest BCUT2D eigenvalue weighted by Gasteiger charge is -2.04. The van der Waals surface area contributed by atoms with E-state index in [0.717, 1.165) is 9.81 Å². The Kier molecular flexibility index (Phi) is 3.88. The average Bonchev–Trinajstić information content (AvgIpc) is 3.18. The molecule has 0 saturated heterocycles. The number of aromatic nitrogens is 5. The van der Waals surface area contributed by atoms with Gasteiger partial charge in [-0.25, -0.2) is 18.9 Å². The number of fused-ring (bicyclic) bond motifs is 3. The van der Waals surface area contributed by atoms with Gasteiger partial charge in [0.05, 0.1) is 0 Å². The number of carbonyl (C=O) groups is 1. The first-order valence-electron chi connectivity index (χ1n) is 7.80. The molecule has 0 bridgehead atoms. The summed E-state index contributed by atoms with van der Waals surface area (Å²) in [5.41, 5.74) is 1.21. The number of hydrogen-bond donors (Lipinski definition) is 1. The predicted octanol–water partition coefficient (Wildman–Crippen LogP) is 1.21. The smallest absolute Gasteiger partial charge is 0.352 e. The third-order valence-electron chi connectivity index (χ3n) is 3.70. The van der Waals surface area contributed by atoms with E-state index in [1.807, 2.05) is 37.2 Å². The van der Waals surface area contributed by atoms with Crippen LogP contribution in [-0.2, 0) is 11.3 Å². The molecule has 1 amide bonds. The zero-order chi connectivity index (χ0) is 18.3. The van der Waals surface area contributed by atoms with Gasteiger partial charge in [-0.05, 0) is 12.1 Å². The molecule has 3 aromatic heterocycles. The highest BCUT2D eigenvalue weighted by Crippen LogP contribution is 2.28. The van der Waals surface area contributed by atoms with Crippen LogP contribution in [0, 0.1) is 0 Å². The monoisotopic (exact) mass is 369 g/mol. The normalized spacial score (nSPS) is 11.2. The Morgan fingerprint density at radius 1 is 1.27 bits per heavy atom. The van der Waals surface area contributed by atoms with Crippen molar-refractivity contribution in [3.8, 4) is 0 Å². The van der Waals surface area contributed by atoms with E-state index in [4.69, 9.17) is 0 Å². The van der Waals surface area contributed by atoms with Crippen LogP contribution >= 0.6 is 11.3 Å². The molecule has 0 unspecified atom stereocenters. The lowest BCUT2D eigenvalue weighted by atomic mass is 10.3. The highest BCUT2D eigenvalue weighted by atomic mass is 32.1. The van der Waals surface area contributed by atoms with E-state index in [1.54, 1.807) is 12.1 Å². The molecule has 0 aliphatic carbocycles. The summed E-state index contributed by atoms with van der Waals surface area (Å²) in [5.74, 6) is -0.329. The Morgan fingerprint density at radius 2 is 2.04 bits per heavy atom. The fourth-order valence-electron chi connectivity index (χ4n) is 2.48. The average molecular weight is 369 g/mol. The van der Waals surface area contributed by atoms with E-state index in [0.29, 0.717) is 21.7 Å². The van der Waals surface area contributed by atoms with Gasteiger partial charge < -0.3 is 10.2 Å². The summed E-state index contributed by atoms with van der Waals surface area (Å²) in [6, 6.07) is 9.05. The van der Waals surface area contributed by atoms with Crippen molar-refractivity contribution in [2.45, 2.75) is 6.54 Å². The van der Waals surface area contributed by atoms with Gasteiger partial charge >= 0.3 is 5.69 Å². The summed E-state index contributed by atoms with van der Waals surface area (Å²) in [6.45, 7) is -0.184. The minimum atomic E-state index is -0.419. The first-order chi connectivity index (χ1) is 12.5. The number of thiazole rings is 1. The molecule has 4 aromatic rings. The Bertz CT molecular complexity index is 1160. The Morgan fingerprint density at radius 3 is 2.77 bits per heavy atom. The van der Waals surface area contributed by atoms with E-state index in [-0.39, 0.29) is 12.5 Å². The molecule has 4 rings (SSSR count). The van der Waals surface area contributed by atoms with Crippen molar-refractivity contribution < 1.29 is 4.79 Å². The third-order valence-corrected chi connectivity index (χ3v) is 4.91. The van der Waals surface area contributed by atoms with Crippen LogP contribution in [0.3, 0.4) is 0 Å². The lowest BCUT2D eigenvalue weighted by Crippen LogP contribution is -2.28. The molecule has 132 valence electrons. The largest absolute Gasteiger partial charge is 0.354 e. The van der Waals surface area contributed by atoms with Crippen LogP contribution in [0.1, 0.15) is 0 Å². The van der Waals surface area contributed by atoms with Gasteiger partial charge in [0.15, 0.2) is 16.4 Å². The van der Waals surface area contributed by atoms with Crippen molar-refractivity contribution in [1.82, 2.24) is 24.1 Å². The summed E-state index contributed by atoms with van der Waals surface area (Å²) >= 11 is 1.39. The van der Waals surface area contributed by atoms with E-state index in [1.165, 1.54) is 22.1 Å². The first kappa shape index (κ1) is 16.2. The summed E-state index contributed by atoms with van der Waals surface area (Å²) in [4.78, 5) is 35.2. The van der Waals surface area contributed by atoms with Gasteiger partial charge in [0.2, 0.25) is 5.91 Å². The minimum absolute atomic E-state index is 0.184. The van der Waals surface area contributed by atoms with Gasteiger partial charge in [0, 0.05) is 19.8 Å². The summed E-state index contributed by atoms with van der Waals surface area (Å²) < 4.78 is 3.16. The molecule has 1 N–H and O–H groups in total. The molecule has 3 heterocycles. The number of benzene rings is 1. The molecule has 0 saturated carbocycles. The SMILES string of the molecule is CN(C)c1nc2ncn3c(=O)n(CC(=O)Nc4ccccc4)nc3c2s1. The highest BCUT2D eigenvalue weighted by Gasteiger charge is 2.17. The second-order valence-electron chi connectivity index (χ2n) is 5.84. The number of amides is 1. The first-order valence-corrected chi connectivity index (χ1v) is 8.61. The molecule has 9 nitrogen and oxygen atoms in total. The molecule has 0 aliphatic heterocycles. The number of hydrogen-bond acceptors (Lipinski definition) is 7. The highest BCUT2D eigenvalue weighted by molar-refractivity contribution is 7.22. The van der Waals surface area contributed by atoms with Crippen molar-refractivity contribution >= 4 is 44.1 Å². The van der Waals surface area contributed by atoms with Crippen molar-refractivity contribution in [3.05, 3.63) is 47.1 Å². The zero-order valence-corrected chi connectivity index (χ0v) is 14.9. The molecule has 0 aliphatic rings. The molecule has 1 aromatic carbocycles. The molecular formula is C16H15N7O2S. The maximum atomic E-state index is 12.5. The van der Waals surface area contributed by atoms with Crippen molar-refractivity contribution in [3.63, 3.8) is 0 Å².